The number of amides is 2. The van der Waals surface area contributed by atoms with Gasteiger partial charge in [0.25, 0.3) is 0 Å². The maximum atomic E-state index is 11.6. The van der Waals surface area contributed by atoms with E-state index in [0.717, 1.165) is 0 Å². The van der Waals surface area contributed by atoms with Gasteiger partial charge in [-0.15, -0.1) is 0 Å². The van der Waals surface area contributed by atoms with Crippen molar-refractivity contribution in [1.29, 1.82) is 0 Å². The third kappa shape index (κ3) is 5.72. The Kier molecular flexibility index (Phi) is 6.32. The maximum Gasteiger partial charge on any atom is 0.313 e. The highest BCUT2D eigenvalue weighted by Crippen LogP contribution is 2.14. The van der Waals surface area contributed by atoms with Gasteiger partial charge in [-0.05, 0) is 38.0 Å². The van der Waals surface area contributed by atoms with Gasteiger partial charge in [-0.1, -0.05) is 17.7 Å². The molecule has 0 heterocycles. The maximum absolute atomic E-state index is 11.6. The normalized spacial score (nSPS) is 11.7. The molecule has 19 heavy (non-hydrogen) atoms. The van der Waals surface area contributed by atoms with Crippen LogP contribution >= 0.6 is 11.6 Å². The fraction of sp³-hybridized carbons (Fsp3) is 0.385. The number of carbonyl (C=O) groups is 2. The minimum Gasteiger partial charge on any atom is -0.396 e. The lowest BCUT2D eigenvalue weighted by Crippen LogP contribution is -2.40. The van der Waals surface area contributed by atoms with E-state index in [9.17, 15) is 9.59 Å². The van der Waals surface area contributed by atoms with Crippen molar-refractivity contribution in [2.45, 2.75) is 25.8 Å². The van der Waals surface area contributed by atoms with E-state index in [1.165, 1.54) is 0 Å². The molecule has 6 heteroatoms. The van der Waals surface area contributed by atoms with Crippen LogP contribution in [0.15, 0.2) is 24.3 Å². The zero-order valence-electron chi connectivity index (χ0n) is 10.6. The van der Waals surface area contributed by atoms with Crippen LogP contribution in [0.1, 0.15) is 19.8 Å². The second kappa shape index (κ2) is 7.76. The summed E-state index contributed by atoms with van der Waals surface area (Å²) in [5.74, 6) is -1.44. The molecule has 2 amide bonds. The van der Waals surface area contributed by atoms with Crippen molar-refractivity contribution >= 4 is 29.1 Å². The number of aliphatic hydroxyl groups is 1. The van der Waals surface area contributed by atoms with Crippen LogP contribution in [0.3, 0.4) is 0 Å². The van der Waals surface area contributed by atoms with E-state index in [-0.39, 0.29) is 12.6 Å². The summed E-state index contributed by atoms with van der Waals surface area (Å²) in [4.78, 5) is 23.2. The van der Waals surface area contributed by atoms with Gasteiger partial charge in [0, 0.05) is 23.4 Å². The van der Waals surface area contributed by atoms with Crippen LogP contribution in [-0.2, 0) is 9.59 Å². The molecule has 1 aromatic carbocycles. The van der Waals surface area contributed by atoms with Gasteiger partial charge in [0.15, 0.2) is 0 Å². The first-order valence-corrected chi connectivity index (χ1v) is 6.39. The average molecular weight is 285 g/mol. The Morgan fingerprint density at radius 2 is 2.11 bits per heavy atom. The summed E-state index contributed by atoms with van der Waals surface area (Å²) in [5.41, 5.74) is 0.468. The highest BCUT2D eigenvalue weighted by molar-refractivity contribution is 6.39. The van der Waals surface area contributed by atoms with E-state index >= 15 is 0 Å². The Morgan fingerprint density at radius 3 is 2.74 bits per heavy atom. The Balaban J connectivity index is 2.47. The molecule has 0 aliphatic rings. The van der Waals surface area contributed by atoms with Gasteiger partial charge in [-0.25, -0.2) is 0 Å². The molecular formula is C13H17ClN2O3. The molecule has 0 spiro atoms. The Bertz CT molecular complexity index is 451. The zero-order chi connectivity index (χ0) is 14.3. The van der Waals surface area contributed by atoms with Gasteiger partial charge in [-0.3, -0.25) is 9.59 Å². The third-order valence-corrected chi connectivity index (χ3v) is 2.70. The third-order valence-electron chi connectivity index (χ3n) is 2.46. The monoisotopic (exact) mass is 284 g/mol. The highest BCUT2D eigenvalue weighted by atomic mass is 35.5. The van der Waals surface area contributed by atoms with E-state index in [4.69, 9.17) is 16.7 Å². The van der Waals surface area contributed by atoms with E-state index in [0.29, 0.717) is 23.6 Å². The predicted molar refractivity (Wildman–Crippen MR) is 74.0 cm³/mol. The van der Waals surface area contributed by atoms with Crippen LogP contribution in [0.5, 0.6) is 0 Å². The number of hydrogen-bond acceptors (Lipinski definition) is 3. The molecule has 3 N–H and O–H groups in total. The number of aliphatic hydroxyl groups excluding tert-OH is 1. The van der Waals surface area contributed by atoms with Gasteiger partial charge in [0.05, 0.1) is 0 Å². The molecule has 0 saturated carbocycles. The number of benzene rings is 1. The zero-order valence-corrected chi connectivity index (χ0v) is 11.4. The fourth-order valence-electron chi connectivity index (χ4n) is 1.51. The minimum absolute atomic E-state index is 0.0644. The predicted octanol–water partition coefficient (Wildman–Crippen LogP) is 1.56. The van der Waals surface area contributed by atoms with Crippen LogP contribution in [0.4, 0.5) is 5.69 Å². The summed E-state index contributed by atoms with van der Waals surface area (Å²) >= 11 is 5.77. The van der Waals surface area contributed by atoms with Crippen molar-refractivity contribution in [2.24, 2.45) is 0 Å². The smallest absolute Gasteiger partial charge is 0.313 e. The minimum atomic E-state index is -0.738. The summed E-state index contributed by atoms with van der Waals surface area (Å²) in [6.45, 7) is 1.84. The molecule has 0 aliphatic heterocycles. The summed E-state index contributed by atoms with van der Waals surface area (Å²) in [5, 5.41) is 14.2. The summed E-state index contributed by atoms with van der Waals surface area (Å²) in [6, 6.07) is 6.40. The fourth-order valence-corrected chi connectivity index (χ4v) is 1.70. The molecule has 1 aromatic rings. The standard InChI is InChI=1S/C13H17ClN2O3/c1-9(4-3-7-17)15-12(18)13(19)16-11-6-2-5-10(14)8-11/h2,5-6,8-9,17H,3-4,7H2,1H3,(H,15,18)(H,16,19). The van der Waals surface area contributed by atoms with Crippen molar-refractivity contribution in [3.63, 3.8) is 0 Å². The van der Waals surface area contributed by atoms with Crippen LogP contribution in [0.2, 0.25) is 5.02 Å². The lowest BCUT2D eigenvalue weighted by molar-refractivity contribution is -0.136. The molecule has 0 bridgehead atoms. The molecular weight excluding hydrogens is 268 g/mol. The molecule has 1 rings (SSSR count). The van der Waals surface area contributed by atoms with Crippen LogP contribution in [0, 0.1) is 0 Å². The van der Waals surface area contributed by atoms with Crippen molar-refractivity contribution in [3.05, 3.63) is 29.3 Å². The van der Waals surface area contributed by atoms with Gasteiger partial charge in [0.1, 0.15) is 0 Å². The number of hydrogen-bond donors (Lipinski definition) is 3. The number of carbonyl (C=O) groups excluding carboxylic acids is 2. The molecule has 0 aromatic heterocycles. The average Bonchev–Trinajstić information content (AvgIpc) is 2.36. The van der Waals surface area contributed by atoms with E-state index < -0.39 is 11.8 Å². The van der Waals surface area contributed by atoms with E-state index in [1.54, 1.807) is 31.2 Å². The van der Waals surface area contributed by atoms with Gasteiger partial charge >= 0.3 is 11.8 Å². The molecule has 104 valence electrons. The first-order chi connectivity index (χ1) is 9.02. The summed E-state index contributed by atoms with van der Waals surface area (Å²) in [7, 11) is 0. The molecule has 0 saturated heterocycles. The summed E-state index contributed by atoms with van der Waals surface area (Å²) in [6.07, 6.45) is 1.20. The quantitative estimate of drug-likeness (QED) is 0.718. The van der Waals surface area contributed by atoms with E-state index in [1.807, 2.05) is 0 Å². The van der Waals surface area contributed by atoms with Crippen molar-refractivity contribution < 1.29 is 14.7 Å². The second-order valence-corrected chi connectivity index (χ2v) is 4.64. The Morgan fingerprint density at radius 1 is 1.37 bits per heavy atom. The SMILES string of the molecule is CC(CCCO)NC(=O)C(=O)Nc1cccc(Cl)c1. The Hall–Kier alpha value is -1.59. The van der Waals surface area contributed by atoms with Crippen molar-refractivity contribution in [3.8, 4) is 0 Å². The highest BCUT2D eigenvalue weighted by Gasteiger charge is 2.16. The van der Waals surface area contributed by atoms with Gasteiger partial charge in [-0.2, -0.15) is 0 Å². The number of nitrogens with one attached hydrogen (secondary N) is 2. The van der Waals surface area contributed by atoms with Gasteiger partial charge in [0.2, 0.25) is 0 Å². The van der Waals surface area contributed by atoms with Crippen molar-refractivity contribution in [1.82, 2.24) is 5.32 Å². The largest absolute Gasteiger partial charge is 0.396 e. The lowest BCUT2D eigenvalue weighted by Gasteiger charge is -2.13. The second-order valence-electron chi connectivity index (χ2n) is 4.20. The van der Waals surface area contributed by atoms with E-state index in [2.05, 4.69) is 10.6 Å². The molecule has 1 atom stereocenters. The first kappa shape index (κ1) is 15.5. The van der Waals surface area contributed by atoms with Crippen LogP contribution in [-0.4, -0.2) is 29.6 Å². The van der Waals surface area contributed by atoms with Crippen LogP contribution in [0.25, 0.3) is 0 Å². The molecule has 1 unspecified atom stereocenters. The molecule has 0 fully saturated rings. The lowest BCUT2D eigenvalue weighted by atomic mass is 10.2. The summed E-state index contributed by atoms with van der Waals surface area (Å²) < 4.78 is 0. The number of rotatable bonds is 5. The van der Waals surface area contributed by atoms with Crippen molar-refractivity contribution in [2.75, 3.05) is 11.9 Å². The number of anilines is 1. The van der Waals surface area contributed by atoms with Gasteiger partial charge < -0.3 is 15.7 Å². The molecule has 5 nitrogen and oxygen atoms in total. The first-order valence-electron chi connectivity index (χ1n) is 6.01. The molecule has 0 aliphatic carbocycles. The molecule has 0 radical (unpaired) electrons. The Labute approximate surface area is 117 Å². The topological polar surface area (TPSA) is 78.4 Å². The van der Waals surface area contributed by atoms with Crippen LogP contribution < -0.4 is 10.6 Å². The number of halogens is 1.